The number of carbonyl (C=O) groups is 1. The van der Waals surface area contributed by atoms with Crippen molar-refractivity contribution in [2.45, 2.75) is 19.9 Å². The first-order chi connectivity index (χ1) is 12.6. The van der Waals surface area contributed by atoms with Crippen molar-refractivity contribution >= 4 is 16.8 Å². The van der Waals surface area contributed by atoms with Crippen LogP contribution in [-0.2, 0) is 13.0 Å². The van der Waals surface area contributed by atoms with E-state index in [1.807, 2.05) is 34.9 Å². The molecule has 0 spiro atoms. The molecule has 0 N–H and O–H groups in total. The van der Waals surface area contributed by atoms with E-state index in [0.29, 0.717) is 18.0 Å². The quantitative estimate of drug-likeness (QED) is 0.509. The molecule has 0 fully saturated rings. The molecule has 5 heteroatoms. The van der Waals surface area contributed by atoms with Crippen molar-refractivity contribution in [3.8, 4) is 22.8 Å². The van der Waals surface area contributed by atoms with Crippen molar-refractivity contribution in [3.05, 3.63) is 70.2 Å². The summed E-state index contributed by atoms with van der Waals surface area (Å²) in [5.74, 6) is 1.21. The Morgan fingerprint density at radius 2 is 2.08 bits per heavy atom. The minimum atomic E-state index is -0.275. The van der Waals surface area contributed by atoms with E-state index >= 15 is 0 Å². The van der Waals surface area contributed by atoms with Crippen LogP contribution in [0.2, 0.25) is 0 Å². The fourth-order valence-corrected chi connectivity index (χ4v) is 3.70. The van der Waals surface area contributed by atoms with Crippen LogP contribution in [0.1, 0.15) is 22.8 Å². The van der Waals surface area contributed by atoms with Crippen LogP contribution in [-0.4, -0.2) is 10.4 Å². The average Bonchev–Trinajstić information content (AvgIpc) is 3.28. The fraction of sp³-hybridized carbons (Fsp3) is 0.143. The second-order valence-electron chi connectivity index (χ2n) is 6.51. The summed E-state index contributed by atoms with van der Waals surface area (Å²) in [7, 11) is 0. The Bertz CT molecular complexity index is 1230. The maximum absolute atomic E-state index is 12.3. The molecule has 0 bridgehead atoms. The van der Waals surface area contributed by atoms with Crippen LogP contribution in [0.25, 0.3) is 33.7 Å². The van der Waals surface area contributed by atoms with Crippen molar-refractivity contribution in [3.63, 3.8) is 0 Å². The van der Waals surface area contributed by atoms with Crippen molar-refractivity contribution in [2.24, 2.45) is 0 Å². The maximum Gasteiger partial charge on any atom is 0.193 e. The largest absolute Gasteiger partial charge is 0.464 e. The molecule has 0 aliphatic carbocycles. The summed E-state index contributed by atoms with van der Waals surface area (Å²) in [6, 6.07) is 11.2. The van der Waals surface area contributed by atoms with Gasteiger partial charge in [-0.2, -0.15) is 0 Å². The van der Waals surface area contributed by atoms with Gasteiger partial charge in [0.05, 0.1) is 23.1 Å². The minimum Gasteiger partial charge on any atom is -0.464 e. The first kappa shape index (κ1) is 15.0. The summed E-state index contributed by atoms with van der Waals surface area (Å²) in [4.78, 5) is 24.0. The van der Waals surface area contributed by atoms with E-state index in [-0.39, 0.29) is 16.8 Å². The standard InChI is InChI=1S/C21H15NO4/c1-12(23)16-11-22-8-7-14-13-4-2-5-15(19-6-3-9-25-19)20(13)26-21(14)17(22)10-18(16)24/h2-6,9-11H,7-8H2,1H3. The summed E-state index contributed by atoms with van der Waals surface area (Å²) in [5, 5.41) is 1.03. The number of hydrogen-bond acceptors (Lipinski definition) is 4. The number of rotatable bonds is 2. The highest BCUT2D eigenvalue weighted by Gasteiger charge is 2.25. The molecule has 0 radical (unpaired) electrons. The number of carbonyl (C=O) groups excluding carboxylic acids is 1. The van der Waals surface area contributed by atoms with E-state index in [9.17, 15) is 9.59 Å². The van der Waals surface area contributed by atoms with Crippen LogP contribution in [0.5, 0.6) is 0 Å². The Morgan fingerprint density at radius 3 is 2.85 bits per heavy atom. The Morgan fingerprint density at radius 1 is 1.19 bits per heavy atom. The molecule has 5 nitrogen and oxygen atoms in total. The second kappa shape index (κ2) is 5.33. The zero-order chi connectivity index (χ0) is 17.8. The number of benzene rings is 1. The van der Waals surface area contributed by atoms with Gasteiger partial charge in [-0.15, -0.1) is 0 Å². The number of Topliss-reactive ketones (excluding diaryl/α,β-unsaturated/α-hetero) is 1. The molecule has 26 heavy (non-hydrogen) atoms. The number of aromatic nitrogens is 1. The fourth-order valence-electron chi connectivity index (χ4n) is 3.70. The molecule has 4 heterocycles. The summed E-state index contributed by atoms with van der Waals surface area (Å²) in [5.41, 5.74) is 3.37. The Kier molecular flexibility index (Phi) is 3.06. The third kappa shape index (κ3) is 2.03. The predicted octanol–water partition coefficient (Wildman–Crippen LogP) is 4.28. The van der Waals surface area contributed by atoms with Gasteiger partial charge in [0, 0.05) is 29.8 Å². The highest BCUT2D eigenvalue weighted by molar-refractivity contribution is 5.97. The van der Waals surface area contributed by atoms with Gasteiger partial charge in [0.2, 0.25) is 0 Å². The van der Waals surface area contributed by atoms with Crippen molar-refractivity contribution < 1.29 is 13.6 Å². The number of nitrogens with zero attached hydrogens (tertiary/aromatic N) is 1. The van der Waals surface area contributed by atoms with Crippen LogP contribution in [0.4, 0.5) is 0 Å². The van der Waals surface area contributed by atoms with Gasteiger partial charge in [-0.1, -0.05) is 12.1 Å². The van der Waals surface area contributed by atoms with Crippen LogP contribution >= 0.6 is 0 Å². The number of aryl methyl sites for hydroxylation is 2. The Balaban J connectivity index is 1.79. The Labute approximate surface area is 148 Å². The Hall–Kier alpha value is -3.34. The third-order valence-electron chi connectivity index (χ3n) is 4.95. The van der Waals surface area contributed by atoms with E-state index in [1.54, 1.807) is 12.5 Å². The van der Waals surface area contributed by atoms with E-state index in [4.69, 9.17) is 8.83 Å². The SMILES string of the molecule is CC(=O)c1cn2c(cc1=O)-c1oc3c(-c4ccco4)cccc3c1CC2. The summed E-state index contributed by atoms with van der Waals surface area (Å²) < 4.78 is 13.7. The molecule has 128 valence electrons. The molecular weight excluding hydrogens is 330 g/mol. The third-order valence-corrected chi connectivity index (χ3v) is 4.95. The van der Waals surface area contributed by atoms with Gasteiger partial charge in [0.15, 0.2) is 17.0 Å². The zero-order valence-corrected chi connectivity index (χ0v) is 14.1. The second-order valence-corrected chi connectivity index (χ2v) is 6.51. The number of hydrogen-bond donors (Lipinski definition) is 0. The van der Waals surface area contributed by atoms with Crippen molar-refractivity contribution in [1.29, 1.82) is 0 Å². The van der Waals surface area contributed by atoms with Crippen LogP contribution in [0.15, 0.2) is 62.5 Å². The smallest absolute Gasteiger partial charge is 0.193 e. The normalized spacial score (nSPS) is 12.8. The molecule has 3 aromatic heterocycles. The minimum absolute atomic E-state index is 0.213. The first-order valence-electron chi connectivity index (χ1n) is 8.47. The molecule has 0 saturated carbocycles. The highest BCUT2D eigenvalue weighted by atomic mass is 16.3. The van der Waals surface area contributed by atoms with Crippen molar-refractivity contribution in [2.75, 3.05) is 0 Å². The van der Waals surface area contributed by atoms with E-state index in [1.165, 1.54) is 13.0 Å². The molecule has 0 atom stereocenters. The molecule has 1 aliphatic heterocycles. The topological polar surface area (TPSA) is 65.3 Å². The molecule has 0 amide bonds. The number of furan rings is 2. The summed E-state index contributed by atoms with van der Waals surface area (Å²) >= 11 is 0. The molecule has 1 aromatic carbocycles. The van der Waals surface area contributed by atoms with E-state index in [2.05, 4.69) is 0 Å². The van der Waals surface area contributed by atoms with Gasteiger partial charge >= 0.3 is 0 Å². The van der Waals surface area contributed by atoms with Crippen LogP contribution in [0, 0.1) is 0 Å². The monoisotopic (exact) mass is 345 g/mol. The lowest BCUT2D eigenvalue weighted by atomic mass is 9.99. The molecule has 1 aliphatic rings. The maximum atomic E-state index is 12.3. The van der Waals surface area contributed by atoms with Gasteiger partial charge in [-0.05, 0) is 31.5 Å². The van der Waals surface area contributed by atoms with E-state index < -0.39 is 0 Å². The van der Waals surface area contributed by atoms with Gasteiger partial charge < -0.3 is 13.4 Å². The first-order valence-corrected chi connectivity index (χ1v) is 8.47. The van der Waals surface area contributed by atoms with Crippen LogP contribution < -0.4 is 5.43 Å². The van der Waals surface area contributed by atoms with Gasteiger partial charge in [-0.25, -0.2) is 0 Å². The number of para-hydroxylation sites is 1. The lowest BCUT2D eigenvalue weighted by molar-refractivity contribution is 0.101. The number of ketones is 1. The highest BCUT2D eigenvalue weighted by Crippen LogP contribution is 2.40. The van der Waals surface area contributed by atoms with Crippen molar-refractivity contribution in [1.82, 2.24) is 4.57 Å². The molecule has 5 rings (SSSR count). The lowest BCUT2D eigenvalue weighted by Crippen LogP contribution is -2.20. The average molecular weight is 345 g/mol. The molecular formula is C21H15NO4. The van der Waals surface area contributed by atoms with Gasteiger partial charge in [0.1, 0.15) is 11.3 Å². The number of pyridine rings is 1. The lowest BCUT2D eigenvalue weighted by Gasteiger charge is -2.18. The number of fused-ring (bicyclic) bond motifs is 5. The molecule has 0 saturated heterocycles. The van der Waals surface area contributed by atoms with Gasteiger partial charge in [-0.3, -0.25) is 9.59 Å². The van der Waals surface area contributed by atoms with E-state index in [0.717, 1.165) is 34.3 Å². The zero-order valence-electron chi connectivity index (χ0n) is 14.1. The van der Waals surface area contributed by atoms with Gasteiger partial charge in [0.25, 0.3) is 0 Å². The molecule has 4 aromatic rings. The molecule has 0 unspecified atom stereocenters. The predicted molar refractivity (Wildman–Crippen MR) is 97.3 cm³/mol. The summed E-state index contributed by atoms with van der Waals surface area (Å²) in [6.45, 7) is 2.11. The summed E-state index contributed by atoms with van der Waals surface area (Å²) in [6.07, 6.45) is 4.05. The van der Waals surface area contributed by atoms with Crippen LogP contribution in [0.3, 0.4) is 0 Å².